The van der Waals surface area contributed by atoms with E-state index >= 15 is 0 Å². The maximum Gasteiger partial charge on any atom is 0.0738 e. The first kappa shape index (κ1) is 14.7. The first-order valence-corrected chi connectivity index (χ1v) is 6.89. The van der Waals surface area contributed by atoms with Crippen molar-refractivity contribution in [1.82, 2.24) is 15.1 Å². The van der Waals surface area contributed by atoms with E-state index in [2.05, 4.69) is 47.1 Å². The highest BCUT2D eigenvalue weighted by Gasteiger charge is 2.26. The fourth-order valence-corrected chi connectivity index (χ4v) is 2.56. The second kappa shape index (κ2) is 5.53. The van der Waals surface area contributed by atoms with Crippen LogP contribution < -0.4 is 5.32 Å². The third-order valence-electron chi connectivity index (χ3n) is 3.38. The molecule has 0 bridgehead atoms. The van der Waals surface area contributed by atoms with E-state index in [0.29, 0.717) is 11.3 Å². The van der Waals surface area contributed by atoms with Crippen LogP contribution in [0.25, 0.3) is 0 Å². The summed E-state index contributed by atoms with van der Waals surface area (Å²) in [6, 6.07) is 0. The van der Waals surface area contributed by atoms with Crippen molar-refractivity contribution in [2.75, 3.05) is 13.6 Å². The minimum absolute atomic E-state index is 0.292. The normalized spacial score (nSPS) is 14.1. The summed E-state index contributed by atoms with van der Waals surface area (Å²) in [6.07, 6.45) is 1.04. The topological polar surface area (TPSA) is 29.9 Å². The zero-order valence-corrected chi connectivity index (χ0v) is 13.3. The molecular weight excluding hydrogens is 278 g/mol. The molecule has 0 aliphatic rings. The van der Waals surface area contributed by atoms with Crippen molar-refractivity contribution in [3.63, 3.8) is 0 Å². The van der Waals surface area contributed by atoms with E-state index in [-0.39, 0.29) is 0 Å². The highest BCUT2D eigenvalue weighted by molar-refractivity contribution is 9.10. The van der Waals surface area contributed by atoms with E-state index in [1.165, 1.54) is 5.69 Å². The van der Waals surface area contributed by atoms with Gasteiger partial charge in [-0.2, -0.15) is 5.10 Å². The predicted octanol–water partition coefficient (Wildman–Crippen LogP) is 2.92. The molecule has 1 unspecified atom stereocenters. The van der Waals surface area contributed by atoms with E-state index in [1.54, 1.807) is 0 Å². The number of nitrogens with zero attached hydrogens (tertiary/aromatic N) is 2. The highest BCUT2D eigenvalue weighted by Crippen LogP contribution is 2.31. The van der Waals surface area contributed by atoms with Crippen LogP contribution in [-0.2, 0) is 13.5 Å². The number of rotatable bonds is 4. The number of aromatic nitrogens is 2. The van der Waals surface area contributed by atoms with Crippen LogP contribution in [0.3, 0.4) is 0 Å². The molecule has 0 aromatic carbocycles. The Labute approximate surface area is 113 Å². The summed E-state index contributed by atoms with van der Waals surface area (Å²) in [7, 11) is 4.04. The standard InChI is InChI=1S/C13H24BrN3/c1-9-12(14)11(17(6)16-9)7-10(8-15-5)13(2,3)4/h10,15H,7-8H2,1-6H3. The van der Waals surface area contributed by atoms with Crippen molar-refractivity contribution in [2.24, 2.45) is 18.4 Å². The molecule has 0 fully saturated rings. The van der Waals surface area contributed by atoms with Crippen molar-refractivity contribution < 1.29 is 0 Å². The van der Waals surface area contributed by atoms with Gasteiger partial charge in [-0.3, -0.25) is 4.68 Å². The van der Waals surface area contributed by atoms with Gasteiger partial charge in [0, 0.05) is 7.05 Å². The summed E-state index contributed by atoms with van der Waals surface area (Å²) >= 11 is 3.64. The molecule has 0 aliphatic carbocycles. The number of hydrogen-bond donors (Lipinski definition) is 1. The van der Waals surface area contributed by atoms with Gasteiger partial charge in [0.25, 0.3) is 0 Å². The number of hydrogen-bond acceptors (Lipinski definition) is 2. The maximum atomic E-state index is 4.46. The second-order valence-corrected chi connectivity index (χ2v) is 6.59. The number of halogens is 1. The first-order valence-electron chi connectivity index (χ1n) is 6.10. The van der Waals surface area contributed by atoms with Crippen LogP contribution in [0.5, 0.6) is 0 Å². The van der Waals surface area contributed by atoms with Gasteiger partial charge in [0.1, 0.15) is 0 Å². The van der Waals surface area contributed by atoms with E-state index in [1.807, 2.05) is 25.7 Å². The Morgan fingerprint density at radius 2 is 2.00 bits per heavy atom. The number of aryl methyl sites for hydroxylation is 2. The SMILES string of the molecule is CNCC(Cc1c(Br)c(C)nn1C)C(C)(C)C. The lowest BCUT2D eigenvalue weighted by Crippen LogP contribution is -2.32. The summed E-state index contributed by atoms with van der Waals surface area (Å²) < 4.78 is 3.15. The van der Waals surface area contributed by atoms with E-state index < -0.39 is 0 Å². The molecule has 0 aliphatic heterocycles. The molecule has 0 amide bonds. The fourth-order valence-electron chi connectivity index (χ4n) is 2.07. The fraction of sp³-hybridized carbons (Fsp3) is 0.769. The van der Waals surface area contributed by atoms with Crippen LogP contribution in [0.1, 0.15) is 32.2 Å². The molecule has 0 saturated heterocycles. The Bertz CT molecular complexity index is 377. The van der Waals surface area contributed by atoms with E-state index in [0.717, 1.165) is 23.1 Å². The third-order valence-corrected chi connectivity index (χ3v) is 4.41. The Balaban J connectivity index is 2.94. The Hall–Kier alpha value is -0.350. The van der Waals surface area contributed by atoms with Crippen molar-refractivity contribution >= 4 is 15.9 Å². The molecule has 1 aromatic rings. The largest absolute Gasteiger partial charge is 0.319 e. The molecule has 98 valence electrons. The van der Waals surface area contributed by atoms with Crippen LogP contribution >= 0.6 is 15.9 Å². The zero-order valence-electron chi connectivity index (χ0n) is 11.8. The van der Waals surface area contributed by atoms with Gasteiger partial charge in [-0.25, -0.2) is 0 Å². The van der Waals surface area contributed by atoms with Crippen molar-refractivity contribution in [3.8, 4) is 0 Å². The van der Waals surface area contributed by atoms with Gasteiger partial charge in [-0.1, -0.05) is 20.8 Å². The quantitative estimate of drug-likeness (QED) is 0.927. The summed E-state index contributed by atoms with van der Waals surface area (Å²) in [4.78, 5) is 0. The van der Waals surface area contributed by atoms with Gasteiger partial charge in [-0.05, 0) is 54.2 Å². The molecule has 1 N–H and O–H groups in total. The average molecular weight is 302 g/mol. The number of nitrogens with one attached hydrogen (secondary N) is 1. The molecule has 4 heteroatoms. The highest BCUT2D eigenvalue weighted by atomic mass is 79.9. The molecule has 1 heterocycles. The van der Waals surface area contributed by atoms with Crippen LogP contribution in [-0.4, -0.2) is 23.4 Å². The maximum absolute atomic E-state index is 4.46. The van der Waals surface area contributed by atoms with Crippen molar-refractivity contribution in [3.05, 3.63) is 15.9 Å². The molecule has 0 spiro atoms. The predicted molar refractivity (Wildman–Crippen MR) is 76.2 cm³/mol. The van der Waals surface area contributed by atoms with Gasteiger partial charge < -0.3 is 5.32 Å². The third kappa shape index (κ3) is 3.55. The molecule has 17 heavy (non-hydrogen) atoms. The summed E-state index contributed by atoms with van der Waals surface area (Å²) in [6.45, 7) is 9.96. The average Bonchev–Trinajstić information content (AvgIpc) is 2.42. The van der Waals surface area contributed by atoms with E-state index in [9.17, 15) is 0 Å². The lowest BCUT2D eigenvalue weighted by Gasteiger charge is -2.30. The summed E-state index contributed by atoms with van der Waals surface area (Å²) in [5.74, 6) is 0.596. The van der Waals surface area contributed by atoms with Crippen LogP contribution in [0.4, 0.5) is 0 Å². The molecule has 1 rings (SSSR count). The lowest BCUT2D eigenvalue weighted by molar-refractivity contribution is 0.231. The van der Waals surface area contributed by atoms with E-state index in [4.69, 9.17) is 0 Å². The molecule has 1 atom stereocenters. The zero-order chi connectivity index (χ0) is 13.2. The smallest absolute Gasteiger partial charge is 0.0738 e. The minimum atomic E-state index is 0.292. The molecule has 0 radical (unpaired) electrons. The first-order chi connectivity index (χ1) is 7.77. The van der Waals surface area contributed by atoms with Crippen LogP contribution in [0.15, 0.2) is 4.47 Å². The molecular formula is C13H24BrN3. The van der Waals surface area contributed by atoms with Crippen molar-refractivity contribution in [2.45, 2.75) is 34.1 Å². The van der Waals surface area contributed by atoms with Gasteiger partial charge in [0.05, 0.1) is 15.9 Å². The van der Waals surface area contributed by atoms with Gasteiger partial charge in [0.15, 0.2) is 0 Å². The second-order valence-electron chi connectivity index (χ2n) is 5.79. The lowest BCUT2D eigenvalue weighted by atomic mass is 9.78. The van der Waals surface area contributed by atoms with Crippen LogP contribution in [0.2, 0.25) is 0 Å². The molecule has 0 saturated carbocycles. The summed E-state index contributed by atoms with van der Waals surface area (Å²) in [5, 5.41) is 7.75. The van der Waals surface area contributed by atoms with Gasteiger partial charge in [-0.15, -0.1) is 0 Å². The molecule has 1 aromatic heterocycles. The van der Waals surface area contributed by atoms with Crippen molar-refractivity contribution in [1.29, 1.82) is 0 Å². The van der Waals surface area contributed by atoms with Gasteiger partial charge in [0.2, 0.25) is 0 Å². The Morgan fingerprint density at radius 1 is 1.41 bits per heavy atom. The minimum Gasteiger partial charge on any atom is -0.319 e. The summed E-state index contributed by atoms with van der Waals surface area (Å²) in [5.41, 5.74) is 2.65. The van der Waals surface area contributed by atoms with Gasteiger partial charge >= 0.3 is 0 Å². The van der Waals surface area contributed by atoms with Crippen LogP contribution in [0, 0.1) is 18.3 Å². The Kier molecular flexibility index (Phi) is 4.78. The monoisotopic (exact) mass is 301 g/mol. The Morgan fingerprint density at radius 3 is 2.35 bits per heavy atom. The molecule has 3 nitrogen and oxygen atoms in total.